The van der Waals surface area contributed by atoms with Crippen LogP contribution in [0.5, 0.6) is 5.75 Å². The minimum absolute atomic E-state index is 0.157. The van der Waals surface area contributed by atoms with Crippen molar-refractivity contribution in [3.8, 4) is 5.75 Å². The molecule has 1 amide bonds. The van der Waals surface area contributed by atoms with Crippen LogP contribution in [0.1, 0.15) is 25.7 Å². The van der Waals surface area contributed by atoms with E-state index in [2.05, 4.69) is 21.4 Å². The lowest BCUT2D eigenvalue weighted by Gasteiger charge is -2.09. The SMILES string of the molecule is NNC(=O)CCCCCOc1c(Br)cc(Cl)cc1[N+](=O)[O-]. The highest BCUT2D eigenvalue weighted by Gasteiger charge is 2.19. The highest BCUT2D eigenvalue weighted by molar-refractivity contribution is 9.10. The summed E-state index contributed by atoms with van der Waals surface area (Å²) in [7, 11) is 0. The number of hydrogen-bond acceptors (Lipinski definition) is 5. The number of nitrogens with one attached hydrogen (secondary N) is 1. The van der Waals surface area contributed by atoms with E-state index in [1.807, 2.05) is 0 Å². The van der Waals surface area contributed by atoms with Crippen molar-refractivity contribution in [3.05, 3.63) is 31.7 Å². The molecule has 0 unspecified atom stereocenters. The number of benzene rings is 1. The molecule has 0 atom stereocenters. The fraction of sp³-hybridized carbons (Fsp3) is 0.417. The summed E-state index contributed by atoms with van der Waals surface area (Å²) in [6, 6.07) is 2.78. The first-order valence-electron chi connectivity index (χ1n) is 6.21. The summed E-state index contributed by atoms with van der Waals surface area (Å²) in [4.78, 5) is 21.3. The van der Waals surface area contributed by atoms with Gasteiger partial charge < -0.3 is 4.74 Å². The Morgan fingerprint density at radius 2 is 2.14 bits per heavy atom. The lowest BCUT2D eigenvalue weighted by Crippen LogP contribution is -2.29. The molecular formula is C12H15BrClN3O4. The molecule has 0 spiro atoms. The first-order valence-corrected chi connectivity index (χ1v) is 7.38. The van der Waals surface area contributed by atoms with Crippen LogP contribution in [0.3, 0.4) is 0 Å². The van der Waals surface area contributed by atoms with Crippen LogP contribution in [-0.4, -0.2) is 17.4 Å². The van der Waals surface area contributed by atoms with Gasteiger partial charge in [-0.25, -0.2) is 5.84 Å². The van der Waals surface area contributed by atoms with Gasteiger partial charge in [-0.1, -0.05) is 11.6 Å². The number of nitrogens with zero attached hydrogens (tertiary/aromatic N) is 1. The topological polar surface area (TPSA) is 107 Å². The number of hydrogen-bond donors (Lipinski definition) is 2. The molecule has 1 aromatic rings. The maximum absolute atomic E-state index is 11.0. The number of nitrogens with two attached hydrogens (primary N) is 1. The summed E-state index contributed by atoms with van der Waals surface area (Å²) in [5.74, 6) is 4.90. The highest BCUT2D eigenvalue weighted by Crippen LogP contribution is 2.37. The molecule has 1 aromatic carbocycles. The summed E-state index contributed by atoms with van der Waals surface area (Å²) in [5, 5.41) is 11.2. The summed E-state index contributed by atoms with van der Waals surface area (Å²) < 4.78 is 5.88. The Morgan fingerprint density at radius 1 is 1.43 bits per heavy atom. The zero-order valence-electron chi connectivity index (χ0n) is 11.1. The van der Waals surface area contributed by atoms with Gasteiger partial charge in [-0.05, 0) is 41.3 Å². The lowest BCUT2D eigenvalue weighted by atomic mass is 10.2. The van der Waals surface area contributed by atoms with Crippen molar-refractivity contribution < 1.29 is 14.5 Å². The number of hydrazine groups is 1. The van der Waals surface area contributed by atoms with E-state index < -0.39 is 4.92 Å². The molecule has 3 N–H and O–H groups in total. The van der Waals surface area contributed by atoms with E-state index in [0.717, 1.165) is 6.42 Å². The average molecular weight is 381 g/mol. The average Bonchev–Trinajstić information content (AvgIpc) is 2.43. The van der Waals surface area contributed by atoms with Gasteiger partial charge in [0.15, 0.2) is 0 Å². The Hall–Kier alpha value is -1.38. The zero-order valence-corrected chi connectivity index (χ0v) is 13.4. The predicted molar refractivity (Wildman–Crippen MR) is 82.1 cm³/mol. The minimum Gasteiger partial charge on any atom is -0.486 e. The van der Waals surface area contributed by atoms with Crippen LogP contribution in [0.25, 0.3) is 0 Å². The standard InChI is InChI=1S/C12H15BrClN3O4/c13-9-6-8(14)7-10(17(19)20)12(9)21-5-3-1-2-4-11(18)16-15/h6-7H,1-5,15H2,(H,16,18). The monoisotopic (exact) mass is 379 g/mol. The normalized spacial score (nSPS) is 10.2. The third kappa shape index (κ3) is 5.86. The first-order chi connectivity index (χ1) is 9.95. The molecule has 1 rings (SSSR count). The lowest BCUT2D eigenvalue weighted by molar-refractivity contribution is -0.385. The largest absolute Gasteiger partial charge is 0.486 e. The summed E-state index contributed by atoms with van der Waals surface area (Å²) in [6.45, 7) is 0.311. The molecule has 0 radical (unpaired) electrons. The summed E-state index contributed by atoms with van der Waals surface area (Å²) in [5.41, 5.74) is 1.87. The van der Waals surface area contributed by atoms with Gasteiger partial charge in [0.25, 0.3) is 0 Å². The van der Waals surface area contributed by atoms with Crippen molar-refractivity contribution in [3.63, 3.8) is 0 Å². The van der Waals surface area contributed by atoms with E-state index in [-0.39, 0.29) is 22.4 Å². The fourth-order valence-corrected chi connectivity index (χ4v) is 2.54. The molecule has 21 heavy (non-hydrogen) atoms. The summed E-state index contributed by atoms with van der Waals surface area (Å²) >= 11 is 8.97. The Kier molecular flexibility index (Phi) is 7.41. The van der Waals surface area contributed by atoms with Gasteiger partial charge in [-0.3, -0.25) is 20.3 Å². The van der Waals surface area contributed by atoms with Gasteiger partial charge in [0.1, 0.15) is 0 Å². The van der Waals surface area contributed by atoms with Crippen molar-refractivity contribution in [1.29, 1.82) is 0 Å². The maximum Gasteiger partial charge on any atom is 0.313 e. The predicted octanol–water partition coefficient (Wildman–Crippen LogP) is 2.94. The Bertz CT molecular complexity index is 527. The second kappa shape index (κ2) is 8.81. The molecular weight excluding hydrogens is 366 g/mol. The number of halogens is 2. The van der Waals surface area contributed by atoms with Crippen LogP contribution >= 0.6 is 27.5 Å². The van der Waals surface area contributed by atoms with Crippen molar-refractivity contribution in [2.75, 3.05) is 6.61 Å². The number of unbranched alkanes of at least 4 members (excludes halogenated alkanes) is 2. The molecule has 0 bridgehead atoms. The van der Waals surface area contributed by atoms with Gasteiger partial charge in [0, 0.05) is 17.5 Å². The Labute approximate surface area is 135 Å². The quantitative estimate of drug-likeness (QED) is 0.237. The Morgan fingerprint density at radius 3 is 2.76 bits per heavy atom. The van der Waals surface area contributed by atoms with Crippen LogP contribution in [0.4, 0.5) is 5.69 Å². The van der Waals surface area contributed by atoms with Crippen LogP contribution in [0, 0.1) is 10.1 Å². The number of nitro groups is 1. The van der Waals surface area contributed by atoms with Crippen LogP contribution < -0.4 is 16.0 Å². The van der Waals surface area contributed by atoms with E-state index in [0.29, 0.717) is 30.3 Å². The molecule has 0 heterocycles. The minimum atomic E-state index is -0.544. The van der Waals surface area contributed by atoms with Crippen molar-refractivity contribution in [2.24, 2.45) is 5.84 Å². The second-order valence-corrected chi connectivity index (χ2v) is 5.51. The molecule has 0 saturated carbocycles. The number of rotatable bonds is 8. The third-order valence-electron chi connectivity index (χ3n) is 2.64. The summed E-state index contributed by atoms with van der Waals surface area (Å²) in [6.07, 6.45) is 2.45. The van der Waals surface area contributed by atoms with Crippen molar-refractivity contribution in [2.45, 2.75) is 25.7 Å². The number of ether oxygens (including phenoxy) is 1. The van der Waals surface area contributed by atoms with E-state index in [1.165, 1.54) is 12.1 Å². The highest BCUT2D eigenvalue weighted by atomic mass is 79.9. The molecule has 7 nitrogen and oxygen atoms in total. The third-order valence-corrected chi connectivity index (χ3v) is 3.45. The van der Waals surface area contributed by atoms with Crippen LogP contribution in [-0.2, 0) is 4.79 Å². The van der Waals surface area contributed by atoms with Crippen molar-refractivity contribution in [1.82, 2.24) is 5.43 Å². The fourth-order valence-electron chi connectivity index (χ4n) is 1.64. The molecule has 0 saturated heterocycles. The Balaban J connectivity index is 2.48. The molecule has 116 valence electrons. The number of carbonyl (C=O) groups is 1. The van der Waals surface area contributed by atoms with Crippen LogP contribution in [0.2, 0.25) is 5.02 Å². The van der Waals surface area contributed by atoms with E-state index in [1.54, 1.807) is 0 Å². The van der Waals surface area contributed by atoms with Gasteiger partial charge in [0.05, 0.1) is 16.0 Å². The van der Waals surface area contributed by atoms with E-state index in [4.69, 9.17) is 22.2 Å². The second-order valence-electron chi connectivity index (χ2n) is 4.22. The smallest absolute Gasteiger partial charge is 0.313 e. The van der Waals surface area contributed by atoms with Gasteiger partial charge >= 0.3 is 5.69 Å². The van der Waals surface area contributed by atoms with E-state index in [9.17, 15) is 14.9 Å². The van der Waals surface area contributed by atoms with Gasteiger partial charge in [-0.15, -0.1) is 0 Å². The zero-order chi connectivity index (χ0) is 15.8. The molecule has 9 heteroatoms. The molecule has 0 aliphatic heterocycles. The van der Waals surface area contributed by atoms with E-state index >= 15 is 0 Å². The van der Waals surface area contributed by atoms with Gasteiger partial charge in [0.2, 0.25) is 11.7 Å². The number of nitro benzene ring substituents is 1. The molecule has 0 fully saturated rings. The number of carbonyl (C=O) groups excluding carboxylic acids is 1. The maximum atomic E-state index is 11.0. The molecule has 0 aliphatic carbocycles. The number of amides is 1. The molecule has 0 aromatic heterocycles. The van der Waals surface area contributed by atoms with Crippen molar-refractivity contribution >= 4 is 39.1 Å². The van der Waals surface area contributed by atoms with Gasteiger partial charge in [-0.2, -0.15) is 0 Å². The van der Waals surface area contributed by atoms with Crippen LogP contribution in [0.15, 0.2) is 16.6 Å². The molecule has 0 aliphatic rings. The first kappa shape index (κ1) is 17.7.